The molecular formula is C12H24O. The van der Waals surface area contributed by atoms with Crippen molar-refractivity contribution in [1.82, 2.24) is 0 Å². The average molecular weight is 184 g/mol. The van der Waals surface area contributed by atoms with Gasteiger partial charge in [-0.25, -0.2) is 0 Å². The number of carbonyl (C=O) groups excluding carboxylic acids is 1. The van der Waals surface area contributed by atoms with E-state index in [1.54, 1.807) is 0 Å². The van der Waals surface area contributed by atoms with E-state index in [2.05, 4.69) is 27.7 Å². The molecule has 0 aromatic carbocycles. The Morgan fingerprint density at radius 2 is 1.85 bits per heavy atom. The Morgan fingerprint density at radius 1 is 1.23 bits per heavy atom. The molecule has 0 saturated heterocycles. The zero-order valence-corrected chi connectivity index (χ0v) is 9.55. The van der Waals surface area contributed by atoms with Crippen molar-refractivity contribution in [3.8, 4) is 0 Å². The lowest BCUT2D eigenvalue weighted by Gasteiger charge is -2.23. The molecular weight excluding hydrogens is 160 g/mol. The SMILES string of the molecule is CCCCC(C=O)C(C)C(C)CC. The molecule has 1 heteroatoms. The van der Waals surface area contributed by atoms with Gasteiger partial charge in [-0.15, -0.1) is 0 Å². The molecule has 0 spiro atoms. The lowest BCUT2D eigenvalue weighted by atomic mass is 9.81. The molecule has 0 aromatic rings. The van der Waals surface area contributed by atoms with Crippen LogP contribution in [0.1, 0.15) is 53.4 Å². The largest absolute Gasteiger partial charge is 0.303 e. The lowest BCUT2D eigenvalue weighted by Crippen LogP contribution is -2.19. The van der Waals surface area contributed by atoms with Crippen LogP contribution in [0.5, 0.6) is 0 Å². The van der Waals surface area contributed by atoms with Crippen LogP contribution in [0, 0.1) is 17.8 Å². The Balaban J connectivity index is 3.97. The predicted octanol–water partition coefficient (Wildman–Crippen LogP) is 3.67. The predicted molar refractivity (Wildman–Crippen MR) is 57.7 cm³/mol. The minimum atomic E-state index is 0.287. The van der Waals surface area contributed by atoms with E-state index < -0.39 is 0 Å². The van der Waals surface area contributed by atoms with Crippen molar-refractivity contribution in [1.29, 1.82) is 0 Å². The van der Waals surface area contributed by atoms with Gasteiger partial charge in [0, 0.05) is 5.92 Å². The Labute approximate surface area is 82.9 Å². The number of hydrogen-bond donors (Lipinski definition) is 0. The summed E-state index contributed by atoms with van der Waals surface area (Å²) in [6.07, 6.45) is 5.79. The number of unbranched alkanes of at least 4 members (excludes halogenated alkanes) is 1. The zero-order valence-electron chi connectivity index (χ0n) is 9.55. The molecule has 0 aliphatic carbocycles. The molecule has 78 valence electrons. The molecule has 0 amide bonds. The molecule has 3 unspecified atom stereocenters. The molecule has 0 aliphatic heterocycles. The number of rotatable bonds is 7. The van der Waals surface area contributed by atoms with Crippen molar-refractivity contribution < 1.29 is 4.79 Å². The minimum Gasteiger partial charge on any atom is -0.303 e. The van der Waals surface area contributed by atoms with Crippen molar-refractivity contribution >= 4 is 6.29 Å². The Bertz CT molecular complexity index is 131. The summed E-state index contributed by atoms with van der Waals surface area (Å²) in [6.45, 7) is 8.83. The first-order valence-electron chi connectivity index (χ1n) is 5.62. The maximum Gasteiger partial charge on any atom is 0.123 e. The second-order valence-corrected chi connectivity index (χ2v) is 4.19. The second-order valence-electron chi connectivity index (χ2n) is 4.19. The molecule has 3 atom stereocenters. The number of hydrogen-bond acceptors (Lipinski definition) is 1. The van der Waals surface area contributed by atoms with E-state index in [1.165, 1.54) is 19.3 Å². The Kier molecular flexibility index (Phi) is 6.93. The monoisotopic (exact) mass is 184 g/mol. The van der Waals surface area contributed by atoms with E-state index in [1.807, 2.05) is 0 Å². The van der Waals surface area contributed by atoms with Crippen LogP contribution < -0.4 is 0 Å². The van der Waals surface area contributed by atoms with Crippen LogP contribution in [-0.2, 0) is 4.79 Å². The smallest absolute Gasteiger partial charge is 0.123 e. The van der Waals surface area contributed by atoms with Gasteiger partial charge in [0.2, 0.25) is 0 Å². The van der Waals surface area contributed by atoms with Crippen LogP contribution in [0.4, 0.5) is 0 Å². The van der Waals surface area contributed by atoms with Crippen LogP contribution in [0.3, 0.4) is 0 Å². The molecule has 0 heterocycles. The highest BCUT2D eigenvalue weighted by Crippen LogP contribution is 2.25. The molecule has 13 heavy (non-hydrogen) atoms. The normalized spacial score (nSPS) is 17.8. The highest BCUT2D eigenvalue weighted by Gasteiger charge is 2.20. The molecule has 0 aromatic heterocycles. The van der Waals surface area contributed by atoms with Crippen LogP contribution in [0.2, 0.25) is 0 Å². The summed E-state index contributed by atoms with van der Waals surface area (Å²) in [6, 6.07) is 0. The van der Waals surface area contributed by atoms with Gasteiger partial charge in [0.15, 0.2) is 0 Å². The Morgan fingerprint density at radius 3 is 2.23 bits per heavy atom. The minimum absolute atomic E-state index is 0.287. The summed E-state index contributed by atoms with van der Waals surface area (Å²) in [4.78, 5) is 10.9. The molecule has 0 N–H and O–H groups in total. The lowest BCUT2D eigenvalue weighted by molar-refractivity contribution is -0.113. The maximum absolute atomic E-state index is 10.9. The zero-order chi connectivity index (χ0) is 10.3. The third-order valence-electron chi connectivity index (χ3n) is 3.28. The van der Waals surface area contributed by atoms with Crippen molar-refractivity contribution in [3.63, 3.8) is 0 Å². The second kappa shape index (κ2) is 7.11. The van der Waals surface area contributed by atoms with Gasteiger partial charge in [0.05, 0.1) is 0 Å². The van der Waals surface area contributed by atoms with E-state index in [4.69, 9.17) is 0 Å². The van der Waals surface area contributed by atoms with E-state index in [9.17, 15) is 4.79 Å². The fourth-order valence-electron chi connectivity index (χ4n) is 1.69. The van der Waals surface area contributed by atoms with Gasteiger partial charge >= 0.3 is 0 Å². The van der Waals surface area contributed by atoms with Gasteiger partial charge in [0.1, 0.15) is 6.29 Å². The van der Waals surface area contributed by atoms with Gasteiger partial charge in [-0.3, -0.25) is 0 Å². The van der Waals surface area contributed by atoms with E-state index in [-0.39, 0.29) is 5.92 Å². The molecule has 0 rings (SSSR count). The third-order valence-corrected chi connectivity index (χ3v) is 3.28. The van der Waals surface area contributed by atoms with Gasteiger partial charge in [-0.1, -0.05) is 47.0 Å². The molecule has 0 bridgehead atoms. The Hall–Kier alpha value is -0.330. The van der Waals surface area contributed by atoms with Crippen molar-refractivity contribution in [2.24, 2.45) is 17.8 Å². The molecule has 0 radical (unpaired) electrons. The average Bonchev–Trinajstić information content (AvgIpc) is 2.17. The third kappa shape index (κ3) is 4.44. The summed E-state index contributed by atoms with van der Waals surface area (Å²) < 4.78 is 0. The summed E-state index contributed by atoms with van der Waals surface area (Å²) >= 11 is 0. The summed E-state index contributed by atoms with van der Waals surface area (Å²) in [7, 11) is 0. The standard InChI is InChI=1S/C12H24O/c1-5-7-8-12(9-13)11(4)10(3)6-2/h9-12H,5-8H2,1-4H3. The van der Waals surface area contributed by atoms with Gasteiger partial charge in [-0.2, -0.15) is 0 Å². The summed E-state index contributed by atoms with van der Waals surface area (Å²) in [5.41, 5.74) is 0. The van der Waals surface area contributed by atoms with Crippen LogP contribution in [-0.4, -0.2) is 6.29 Å². The van der Waals surface area contributed by atoms with Gasteiger partial charge in [0.25, 0.3) is 0 Å². The topological polar surface area (TPSA) is 17.1 Å². The van der Waals surface area contributed by atoms with E-state index >= 15 is 0 Å². The summed E-state index contributed by atoms with van der Waals surface area (Å²) in [5, 5.41) is 0. The van der Waals surface area contributed by atoms with Gasteiger partial charge < -0.3 is 4.79 Å². The van der Waals surface area contributed by atoms with Crippen molar-refractivity contribution in [2.45, 2.75) is 53.4 Å². The molecule has 0 saturated carbocycles. The van der Waals surface area contributed by atoms with Crippen LogP contribution in [0.15, 0.2) is 0 Å². The molecule has 0 aliphatic rings. The van der Waals surface area contributed by atoms with Crippen molar-refractivity contribution in [3.05, 3.63) is 0 Å². The number of aldehydes is 1. The highest BCUT2D eigenvalue weighted by atomic mass is 16.1. The van der Waals surface area contributed by atoms with E-state index in [0.717, 1.165) is 12.7 Å². The summed E-state index contributed by atoms with van der Waals surface area (Å²) in [5.74, 6) is 1.51. The van der Waals surface area contributed by atoms with Crippen LogP contribution in [0.25, 0.3) is 0 Å². The number of carbonyl (C=O) groups is 1. The van der Waals surface area contributed by atoms with Crippen molar-refractivity contribution in [2.75, 3.05) is 0 Å². The fraction of sp³-hybridized carbons (Fsp3) is 0.917. The molecule has 1 nitrogen and oxygen atoms in total. The first kappa shape index (κ1) is 12.7. The molecule has 0 fully saturated rings. The first-order valence-corrected chi connectivity index (χ1v) is 5.62. The fourth-order valence-corrected chi connectivity index (χ4v) is 1.69. The van der Waals surface area contributed by atoms with Crippen LogP contribution >= 0.6 is 0 Å². The van der Waals surface area contributed by atoms with E-state index in [0.29, 0.717) is 11.8 Å². The quantitative estimate of drug-likeness (QED) is 0.552. The van der Waals surface area contributed by atoms with Gasteiger partial charge in [-0.05, 0) is 18.3 Å². The first-order chi connectivity index (χ1) is 6.17. The highest BCUT2D eigenvalue weighted by molar-refractivity contribution is 5.53. The maximum atomic E-state index is 10.9.